The van der Waals surface area contributed by atoms with E-state index in [9.17, 15) is 27.6 Å². The Morgan fingerprint density at radius 3 is 1.86 bits per heavy atom. The Bertz CT molecular complexity index is 615. The molecule has 0 bridgehead atoms. The largest absolute Gasteiger partial charge is 0.464 e. The third kappa shape index (κ3) is 3.07. The van der Waals surface area contributed by atoms with Crippen LogP contribution in [0, 0.1) is 0 Å². The van der Waals surface area contributed by atoms with Crippen LogP contribution in [0.15, 0.2) is 0 Å². The summed E-state index contributed by atoms with van der Waals surface area (Å²) in [5, 5.41) is 6.26. The van der Waals surface area contributed by atoms with Crippen molar-refractivity contribution in [3.8, 4) is 0 Å². The normalized spacial score (nSPS) is 10.9. The fourth-order valence-corrected chi connectivity index (χ4v) is 1.31. The zero-order chi connectivity index (χ0) is 16.4. The standard InChI is InChI=1S/C10H8F3N3O5/c1-20-8(18)5-3(7(17)10(11,12)13)4(14)6(16-15-5)9(19)21-2/h1-2H3,(H2,14,15). The number of halogens is 3. The number of anilines is 1. The lowest BCUT2D eigenvalue weighted by molar-refractivity contribution is -0.0885. The summed E-state index contributed by atoms with van der Waals surface area (Å²) in [6.45, 7) is 0. The second-order valence-electron chi connectivity index (χ2n) is 3.50. The summed E-state index contributed by atoms with van der Waals surface area (Å²) in [4.78, 5) is 34.0. The molecule has 1 aromatic rings. The number of carbonyl (C=O) groups excluding carboxylic acids is 3. The highest BCUT2D eigenvalue weighted by Gasteiger charge is 2.44. The van der Waals surface area contributed by atoms with Crippen molar-refractivity contribution in [2.24, 2.45) is 0 Å². The van der Waals surface area contributed by atoms with Crippen LogP contribution in [0.5, 0.6) is 0 Å². The molecule has 0 spiro atoms. The molecular weight excluding hydrogens is 299 g/mol. The summed E-state index contributed by atoms with van der Waals surface area (Å²) in [5.74, 6) is -5.04. The number of aromatic nitrogens is 2. The summed E-state index contributed by atoms with van der Waals surface area (Å²) < 4.78 is 46.1. The van der Waals surface area contributed by atoms with Gasteiger partial charge in [-0.1, -0.05) is 0 Å². The molecule has 0 aliphatic rings. The maximum atomic E-state index is 12.6. The van der Waals surface area contributed by atoms with Gasteiger partial charge in [0.25, 0.3) is 5.78 Å². The lowest BCUT2D eigenvalue weighted by Crippen LogP contribution is -2.29. The first-order valence-electron chi connectivity index (χ1n) is 5.09. The Morgan fingerprint density at radius 2 is 1.43 bits per heavy atom. The molecule has 0 radical (unpaired) electrons. The first kappa shape index (κ1) is 16.3. The molecule has 1 heterocycles. The second-order valence-corrected chi connectivity index (χ2v) is 3.50. The molecule has 2 N–H and O–H groups in total. The van der Waals surface area contributed by atoms with Gasteiger partial charge in [0, 0.05) is 0 Å². The van der Waals surface area contributed by atoms with Gasteiger partial charge in [-0.2, -0.15) is 13.2 Å². The third-order valence-corrected chi connectivity index (χ3v) is 2.25. The molecular formula is C10H8F3N3O5. The molecule has 0 unspecified atom stereocenters. The molecule has 0 aromatic carbocycles. The van der Waals surface area contributed by atoms with Crippen LogP contribution in [0.3, 0.4) is 0 Å². The molecule has 11 heteroatoms. The minimum atomic E-state index is -5.34. The van der Waals surface area contributed by atoms with Crippen molar-refractivity contribution in [1.29, 1.82) is 0 Å². The van der Waals surface area contributed by atoms with Crippen molar-refractivity contribution in [3.05, 3.63) is 17.0 Å². The number of methoxy groups -OCH3 is 2. The molecule has 0 fully saturated rings. The number of rotatable bonds is 3. The molecule has 0 saturated carbocycles. The van der Waals surface area contributed by atoms with Gasteiger partial charge in [0.15, 0.2) is 11.4 Å². The van der Waals surface area contributed by atoms with E-state index in [1.54, 1.807) is 0 Å². The molecule has 21 heavy (non-hydrogen) atoms. The Labute approximate surface area is 115 Å². The average Bonchev–Trinajstić information content (AvgIpc) is 2.43. The number of ketones is 1. The summed E-state index contributed by atoms with van der Waals surface area (Å²) in [6.07, 6.45) is -5.34. The van der Waals surface area contributed by atoms with Crippen molar-refractivity contribution in [3.63, 3.8) is 0 Å². The van der Waals surface area contributed by atoms with Gasteiger partial charge in [0.05, 0.1) is 25.5 Å². The van der Waals surface area contributed by atoms with Crippen molar-refractivity contribution in [2.75, 3.05) is 20.0 Å². The minimum Gasteiger partial charge on any atom is -0.464 e. The van der Waals surface area contributed by atoms with Crippen molar-refractivity contribution in [2.45, 2.75) is 6.18 Å². The SMILES string of the molecule is COC(=O)c1nnc(C(=O)OC)c(C(=O)C(F)(F)F)c1N. The van der Waals surface area contributed by atoms with Crippen molar-refractivity contribution < 1.29 is 37.0 Å². The maximum Gasteiger partial charge on any atom is 0.455 e. The fourth-order valence-electron chi connectivity index (χ4n) is 1.31. The number of esters is 2. The van der Waals surface area contributed by atoms with Crippen molar-refractivity contribution >= 4 is 23.4 Å². The summed E-state index contributed by atoms with van der Waals surface area (Å²) in [6, 6.07) is 0. The third-order valence-electron chi connectivity index (χ3n) is 2.25. The molecule has 0 saturated heterocycles. The highest BCUT2D eigenvalue weighted by molar-refractivity contribution is 6.13. The number of hydrogen-bond donors (Lipinski definition) is 1. The predicted octanol–water partition coefficient (Wildman–Crippen LogP) is 0.377. The number of hydrogen-bond acceptors (Lipinski definition) is 8. The number of nitrogens with zero attached hydrogens (tertiary/aromatic N) is 2. The van der Waals surface area contributed by atoms with Gasteiger partial charge in [0.2, 0.25) is 0 Å². The highest BCUT2D eigenvalue weighted by atomic mass is 19.4. The molecule has 0 aliphatic carbocycles. The van der Waals surface area contributed by atoms with Crippen molar-refractivity contribution in [1.82, 2.24) is 10.2 Å². The van der Waals surface area contributed by atoms with Gasteiger partial charge >= 0.3 is 18.1 Å². The second kappa shape index (κ2) is 5.73. The average molecular weight is 307 g/mol. The van der Waals surface area contributed by atoms with Gasteiger partial charge in [-0.25, -0.2) is 9.59 Å². The van der Waals surface area contributed by atoms with Crippen LogP contribution in [-0.4, -0.2) is 48.3 Å². The topological polar surface area (TPSA) is 121 Å². The molecule has 0 atom stereocenters. The molecule has 1 aromatic heterocycles. The lowest BCUT2D eigenvalue weighted by Gasteiger charge is -2.12. The Morgan fingerprint density at radius 1 is 1.00 bits per heavy atom. The molecule has 114 valence electrons. The maximum absolute atomic E-state index is 12.6. The van der Waals surface area contributed by atoms with Gasteiger partial charge in [-0.3, -0.25) is 4.79 Å². The van der Waals surface area contributed by atoms with E-state index in [1.165, 1.54) is 0 Å². The summed E-state index contributed by atoms with van der Waals surface area (Å²) in [7, 11) is 1.78. The highest BCUT2D eigenvalue weighted by Crippen LogP contribution is 2.28. The van der Waals surface area contributed by atoms with Gasteiger partial charge in [0.1, 0.15) is 0 Å². The number of Topliss-reactive ketones (excluding diaryl/α,β-unsaturated/α-hetero) is 1. The number of nitrogen functional groups attached to an aromatic ring is 1. The number of nitrogens with two attached hydrogens (primary N) is 1. The monoisotopic (exact) mass is 307 g/mol. The van der Waals surface area contributed by atoms with Crippen LogP contribution >= 0.6 is 0 Å². The molecule has 1 rings (SSSR count). The fraction of sp³-hybridized carbons (Fsp3) is 0.300. The lowest BCUT2D eigenvalue weighted by atomic mass is 10.1. The van der Waals surface area contributed by atoms with E-state index < -0.39 is 46.5 Å². The van der Waals surface area contributed by atoms with Gasteiger partial charge in [-0.15, -0.1) is 10.2 Å². The van der Waals surface area contributed by atoms with Crippen LogP contribution in [0.2, 0.25) is 0 Å². The van der Waals surface area contributed by atoms with E-state index in [-0.39, 0.29) is 0 Å². The van der Waals surface area contributed by atoms with Crippen LogP contribution in [0.25, 0.3) is 0 Å². The zero-order valence-corrected chi connectivity index (χ0v) is 10.6. The van der Waals surface area contributed by atoms with Gasteiger partial charge in [-0.05, 0) is 0 Å². The van der Waals surface area contributed by atoms with E-state index in [0.29, 0.717) is 0 Å². The Balaban J connectivity index is 3.65. The number of carbonyl (C=O) groups is 3. The van der Waals surface area contributed by atoms with Crippen LogP contribution in [-0.2, 0) is 9.47 Å². The Hall–Kier alpha value is -2.72. The van der Waals surface area contributed by atoms with Gasteiger partial charge < -0.3 is 15.2 Å². The van der Waals surface area contributed by atoms with E-state index in [4.69, 9.17) is 5.73 Å². The number of alkyl halides is 3. The quantitative estimate of drug-likeness (QED) is 0.628. The minimum absolute atomic E-state index is 0.822. The van der Waals surface area contributed by atoms with E-state index in [2.05, 4.69) is 19.7 Å². The van der Waals surface area contributed by atoms with E-state index >= 15 is 0 Å². The van der Waals surface area contributed by atoms with Crippen LogP contribution < -0.4 is 5.73 Å². The predicted molar refractivity (Wildman–Crippen MR) is 59.5 cm³/mol. The molecule has 0 aliphatic heterocycles. The molecule has 0 amide bonds. The number of ether oxygens (including phenoxy) is 2. The molecule has 8 nitrogen and oxygen atoms in total. The van der Waals surface area contributed by atoms with E-state index in [1.807, 2.05) is 0 Å². The van der Waals surface area contributed by atoms with Crippen LogP contribution in [0.1, 0.15) is 31.3 Å². The Kier molecular flexibility index (Phi) is 4.45. The first-order chi connectivity index (χ1) is 9.65. The first-order valence-corrected chi connectivity index (χ1v) is 5.09. The zero-order valence-electron chi connectivity index (χ0n) is 10.6. The summed E-state index contributed by atoms with van der Waals surface area (Å²) >= 11 is 0. The van der Waals surface area contributed by atoms with Crippen LogP contribution in [0.4, 0.5) is 18.9 Å². The summed E-state index contributed by atoms with van der Waals surface area (Å²) in [5.41, 5.74) is 1.16. The smallest absolute Gasteiger partial charge is 0.455 e. The van der Waals surface area contributed by atoms with E-state index in [0.717, 1.165) is 14.2 Å².